The topological polar surface area (TPSA) is 15.3 Å². The molecule has 4 aromatic heterocycles. The molecular formula is C58H36N4. The SMILES string of the molecule is c1ccc(N(c2ccccc2)c2cccc3c4cccc5c6c7ccc8c9cccc%10c%11cccc(N(c%12ccccc%12)c%12ccccc%12)c%11n(c8c7ccc6n(c23)c45)c%109)cc1. The zero-order valence-corrected chi connectivity index (χ0v) is 33.6. The van der Waals surface area contributed by atoms with Crippen LogP contribution in [0.4, 0.5) is 34.1 Å². The number of para-hydroxylation sites is 8. The zero-order valence-electron chi connectivity index (χ0n) is 33.6. The molecule has 0 N–H and O–H groups in total. The number of fused-ring (bicyclic) bond motifs is 15. The van der Waals surface area contributed by atoms with Gasteiger partial charge in [0, 0.05) is 71.2 Å². The van der Waals surface area contributed by atoms with E-state index in [2.05, 4.69) is 237 Å². The van der Waals surface area contributed by atoms with Crippen molar-refractivity contribution in [3.63, 3.8) is 0 Å². The van der Waals surface area contributed by atoms with E-state index in [1.807, 2.05) is 0 Å². The smallest absolute Gasteiger partial charge is 0.0783 e. The van der Waals surface area contributed by atoms with Crippen LogP contribution < -0.4 is 9.80 Å². The lowest BCUT2D eigenvalue weighted by molar-refractivity contribution is 1.27. The minimum absolute atomic E-state index is 1.12. The second-order valence-electron chi connectivity index (χ2n) is 16.5. The first-order valence-corrected chi connectivity index (χ1v) is 21.4. The maximum atomic E-state index is 2.58. The van der Waals surface area contributed by atoms with Gasteiger partial charge in [0.25, 0.3) is 0 Å². The lowest BCUT2D eigenvalue weighted by Gasteiger charge is -2.26. The summed E-state index contributed by atoms with van der Waals surface area (Å²) < 4.78 is 5.13. The van der Waals surface area contributed by atoms with E-state index in [0.717, 1.165) is 34.1 Å². The molecule has 0 saturated heterocycles. The fourth-order valence-electron chi connectivity index (χ4n) is 10.9. The molecule has 4 nitrogen and oxygen atoms in total. The summed E-state index contributed by atoms with van der Waals surface area (Å²) in [5.41, 5.74) is 14.2. The van der Waals surface area contributed by atoms with Crippen molar-refractivity contribution in [1.29, 1.82) is 0 Å². The average Bonchev–Trinajstić information content (AvgIpc) is 4.08. The number of anilines is 6. The Labute approximate surface area is 356 Å². The summed E-state index contributed by atoms with van der Waals surface area (Å²) in [4.78, 5) is 4.82. The van der Waals surface area contributed by atoms with Gasteiger partial charge in [-0.25, -0.2) is 0 Å². The Morgan fingerprint density at radius 2 is 0.548 bits per heavy atom. The molecule has 0 bridgehead atoms. The number of nitrogens with zero attached hydrogens (tertiary/aromatic N) is 4. The van der Waals surface area contributed by atoms with Gasteiger partial charge in [0.05, 0.1) is 44.5 Å². The molecule has 62 heavy (non-hydrogen) atoms. The lowest BCUT2D eigenvalue weighted by Crippen LogP contribution is -2.10. The first-order chi connectivity index (χ1) is 30.8. The van der Waals surface area contributed by atoms with E-state index in [1.165, 1.54) is 87.0 Å². The highest BCUT2D eigenvalue weighted by Gasteiger charge is 2.27. The predicted octanol–water partition coefficient (Wildman–Crippen LogP) is 16.1. The van der Waals surface area contributed by atoms with Crippen LogP contribution in [0.15, 0.2) is 218 Å². The number of rotatable bonds is 6. The number of aromatic nitrogens is 2. The minimum atomic E-state index is 1.12. The summed E-state index contributed by atoms with van der Waals surface area (Å²) >= 11 is 0. The molecule has 0 aliphatic rings. The van der Waals surface area contributed by atoms with Crippen LogP contribution in [0, 0.1) is 0 Å². The molecular weight excluding hydrogens is 753 g/mol. The van der Waals surface area contributed by atoms with Crippen LogP contribution in [0.3, 0.4) is 0 Å². The Morgan fingerprint density at radius 3 is 1.02 bits per heavy atom. The summed E-state index contributed by atoms with van der Waals surface area (Å²) in [6.07, 6.45) is 0. The number of benzene rings is 10. The second-order valence-corrected chi connectivity index (χ2v) is 16.5. The third-order valence-corrected chi connectivity index (χ3v) is 13.3. The average molecular weight is 789 g/mol. The van der Waals surface area contributed by atoms with E-state index in [9.17, 15) is 0 Å². The molecule has 0 atom stereocenters. The molecule has 0 unspecified atom stereocenters. The quantitative estimate of drug-likeness (QED) is 0.167. The summed E-state index contributed by atoms with van der Waals surface area (Å²) in [6.45, 7) is 0. The van der Waals surface area contributed by atoms with E-state index in [4.69, 9.17) is 0 Å². The minimum Gasteiger partial charge on any atom is -0.308 e. The molecule has 0 aliphatic carbocycles. The molecule has 0 fully saturated rings. The molecule has 0 aliphatic heterocycles. The summed E-state index contributed by atoms with van der Waals surface area (Å²) in [5, 5.41) is 12.7. The highest BCUT2D eigenvalue weighted by Crippen LogP contribution is 2.50. The Balaban J connectivity index is 1.11. The fraction of sp³-hybridized carbons (Fsp3) is 0. The molecule has 14 rings (SSSR count). The first kappa shape index (κ1) is 33.5. The monoisotopic (exact) mass is 788 g/mol. The van der Waals surface area contributed by atoms with Crippen LogP contribution >= 0.6 is 0 Å². The van der Waals surface area contributed by atoms with Gasteiger partial charge in [-0.05, 0) is 72.1 Å². The maximum Gasteiger partial charge on any atom is 0.0783 e. The van der Waals surface area contributed by atoms with Crippen molar-refractivity contribution in [1.82, 2.24) is 8.80 Å². The summed E-state index contributed by atoms with van der Waals surface area (Å²) in [7, 11) is 0. The molecule has 4 heteroatoms. The molecule has 0 spiro atoms. The van der Waals surface area contributed by atoms with Crippen LogP contribution in [-0.4, -0.2) is 8.80 Å². The Kier molecular flexibility index (Phi) is 6.80. The Bertz CT molecular complexity index is 3940. The van der Waals surface area contributed by atoms with E-state index in [-0.39, 0.29) is 0 Å². The fourth-order valence-corrected chi connectivity index (χ4v) is 10.9. The van der Waals surface area contributed by atoms with Gasteiger partial charge in [0.1, 0.15) is 0 Å². The van der Waals surface area contributed by atoms with E-state index >= 15 is 0 Å². The number of hydrogen-bond donors (Lipinski definition) is 0. The standard InChI is InChI=1S/C58H36N4/c1-5-17-37(18-6-1)59(38-19-7-2-8-20-38)51-31-15-28-45-43-27-14-30-49-53-41-33-34-48-44-26-13-25-42-46-29-16-32-52(60(39-21-9-3-10-22-39)40-23-11-4-12-24-40)58(46)62(54(42)44)55(48)47(41)35-36-50(53)61(56(43)49)57(45)51/h1-36H. The van der Waals surface area contributed by atoms with Crippen LogP contribution in [0.1, 0.15) is 0 Å². The highest BCUT2D eigenvalue weighted by atomic mass is 15.2. The second kappa shape index (κ2) is 12.6. The molecule has 4 heterocycles. The van der Waals surface area contributed by atoms with E-state index in [0.29, 0.717) is 0 Å². The van der Waals surface area contributed by atoms with Crippen molar-refractivity contribution >= 4 is 121 Å². The third kappa shape index (κ3) is 4.40. The van der Waals surface area contributed by atoms with Crippen molar-refractivity contribution in [2.24, 2.45) is 0 Å². The van der Waals surface area contributed by atoms with Crippen molar-refractivity contribution in [2.75, 3.05) is 9.80 Å². The summed E-state index contributed by atoms with van der Waals surface area (Å²) in [5.74, 6) is 0. The van der Waals surface area contributed by atoms with Gasteiger partial charge >= 0.3 is 0 Å². The summed E-state index contributed by atoms with van der Waals surface area (Å²) in [6, 6.07) is 79.9. The van der Waals surface area contributed by atoms with Gasteiger partial charge < -0.3 is 18.6 Å². The van der Waals surface area contributed by atoms with Crippen molar-refractivity contribution in [3.05, 3.63) is 218 Å². The first-order valence-electron chi connectivity index (χ1n) is 21.4. The molecule has 288 valence electrons. The van der Waals surface area contributed by atoms with Gasteiger partial charge in [0.2, 0.25) is 0 Å². The van der Waals surface area contributed by atoms with Crippen molar-refractivity contribution in [3.8, 4) is 0 Å². The van der Waals surface area contributed by atoms with Crippen LogP contribution in [0.25, 0.3) is 87.0 Å². The van der Waals surface area contributed by atoms with Gasteiger partial charge in [-0.1, -0.05) is 152 Å². The zero-order chi connectivity index (χ0) is 40.5. The van der Waals surface area contributed by atoms with Crippen molar-refractivity contribution < 1.29 is 0 Å². The third-order valence-electron chi connectivity index (χ3n) is 13.3. The van der Waals surface area contributed by atoms with Gasteiger partial charge in [-0.2, -0.15) is 0 Å². The van der Waals surface area contributed by atoms with Crippen LogP contribution in [0.2, 0.25) is 0 Å². The lowest BCUT2D eigenvalue weighted by atomic mass is 9.99. The molecule has 0 amide bonds. The van der Waals surface area contributed by atoms with E-state index < -0.39 is 0 Å². The maximum absolute atomic E-state index is 2.58. The Morgan fingerprint density at radius 1 is 0.226 bits per heavy atom. The Hall–Kier alpha value is -8.34. The number of hydrogen-bond acceptors (Lipinski definition) is 2. The van der Waals surface area contributed by atoms with Crippen LogP contribution in [-0.2, 0) is 0 Å². The largest absolute Gasteiger partial charge is 0.308 e. The highest BCUT2D eigenvalue weighted by molar-refractivity contribution is 6.34. The van der Waals surface area contributed by atoms with Crippen LogP contribution in [0.5, 0.6) is 0 Å². The van der Waals surface area contributed by atoms with Crippen molar-refractivity contribution in [2.45, 2.75) is 0 Å². The van der Waals surface area contributed by atoms with Gasteiger partial charge in [-0.15, -0.1) is 0 Å². The van der Waals surface area contributed by atoms with Gasteiger partial charge in [0.15, 0.2) is 0 Å². The molecule has 14 aromatic rings. The molecule has 0 saturated carbocycles. The van der Waals surface area contributed by atoms with Gasteiger partial charge in [-0.3, -0.25) is 0 Å². The normalized spacial score (nSPS) is 12.2. The van der Waals surface area contributed by atoms with E-state index in [1.54, 1.807) is 0 Å². The predicted molar refractivity (Wildman–Crippen MR) is 263 cm³/mol. The molecule has 10 aromatic carbocycles. The molecule has 0 radical (unpaired) electrons.